The molecule has 0 aliphatic heterocycles. The van der Waals surface area contributed by atoms with Gasteiger partial charge >= 0.3 is 0 Å². The molecular formula is C23H21ClN4O3. The summed E-state index contributed by atoms with van der Waals surface area (Å²) in [7, 11) is 1.62. The number of rotatable bonds is 7. The van der Waals surface area contributed by atoms with Gasteiger partial charge in [-0.15, -0.1) is 0 Å². The first kappa shape index (κ1) is 20.7. The number of nitrogens with zero attached hydrogens (tertiary/aromatic N) is 3. The van der Waals surface area contributed by atoms with Crippen molar-refractivity contribution in [3.63, 3.8) is 0 Å². The van der Waals surface area contributed by atoms with Crippen LogP contribution in [-0.2, 0) is 11.3 Å². The largest absolute Gasteiger partial charge is 0.497 e. The zero-order valence-electron chi connectivity index (χ0n) is 17.1. The molecule has 7 nitrogen and oxygen atoms in total. The second-order valence-corrected chi connectivity index (χ2v) is 7.46. The van der Waals surface area contributed by atoms with Gasteiger partial charge in [-0.1, -0.05) is 41.0 Å². The van der Waals surface area contributed by atoms with E-state index in [1.807, 2.05) is 55.5 Å². The molecule has 1 amide bonds. The molecule has 0 radical (unpaired) electrons. The van der Waals surface area contributed by atoms with Crippen molar-refractivity contribution >= 4 is 17.5 Å². The molecule has 1 N–H and O–H groups in total. The molecule has 2 aromatic carbocycles. The summed E-state index contributed by atoms with van der Waals surface area (Å²) < 4.78 is 12.5. The minimum atomic E-state index is -0.167. The van der Waals surface area contributed by atoms with Gasteiger partial charge < -0.3 is 19.1 Å². The third-order valence-corrected chi connectivity index (χ3v) is 5.08. The zero-order valence-corrected chi connectivity index (χ0v) is 17.8. The van der Waals surface area contributed by atoms with Crippen LogP contribution in [0.1, 0.15) is 18.5 Å². The number of hydrogen-bond donors (Lipinski definition) is 1. The number of benzene rings is 2. The summed E-state index contributed by atoms with van der Waals surface area (Å²) in [6.45, 7) is 2.05. The standard InChI is InChI=1S/C23H21ClN4O3/c1-15(16-6-4-9-19(13-16)30-2)25-21(29)14-28-11-5-10-20(28)23-26-22(27-31-23)17-7-3-8-18(24)12-17/h3-13,15H,14H2,1-2H3,(H,25,29). The Morgan fingerprint density at radius 1 is 1.19 bits per heavy atom. The first-order chi connectivity index (χ1) is 15.0. The molecule has 0 fully saturated rings. The molecule has 2 aromatic heterocycles. The summed E-state index contributed by atoms with van der Waals surface area (Å²) in [5.41, 5.74) is 2.37. The number of aromatic nitrogens is 3. The molecule has 8 heteroatoms. The van der Waals surface area contributed by atoms with Crippen LogP contribution in [0.25, 0.3) is 23.0 Å². The molecule has 1 atom stereocenters. The lowest BCUT2D eigenvalue weighted by Crippen LogP contribution is -2.30. The predicted octanol–water partition coefficient (Wildman–Crippen LogP) is 4.74. The average molecular weight is 437 g/mol. The molecule has 31 heavy (non-hydrogen) atoms. The molecule has 0 aliphatic rings. The van der Waals surface area contributed by atoms with E-state index in [9.17, 15) is 4.79 Å². The van der Waals surface area contributed by atoms with E-state index in [1.54, 1.807) is 30.0 Å². The van der Waals surface area contributed by atoms with E-state index in [2.05, 4.69) is 15.5 Å². The number of hydrogen-bond acceptors (Lipinski definition) is 5. The summed E-state index contributed by atoms with van der Waals surface area (Å²) in [6, 6.07) is 18.3. The predicted molar refractivity (Wildman–Crippen MR) is 118 cm³/mol. The molecule has 0 aliphatic carbocycles. The topological polar surface area (TPSA) is 82.2 Å². The van der Waals surface area contributed by atoms with Gasteiger partial charge in [-0.2, -0.15) is 4.98 Å². The molecule has 0 spiro atoms. The van der Waals surface area contributed by atoms with E-state index in [4.69, 9.17) is 20.9 Å². The lowest BCUT2D eigenvalue weighted by molar-refractivity contribution is -0.122. The molecule has 0 saturated heterocycles. The lowest BCUT2D eigenvalue weighted by Gasteiger charge is -2.16. The number of amides is 1. The van der Waals surface area contributed by atoms with Crippen molar-refractivity contribution in [3.8, 4) is 28.7 Å². The molecule has 4 aromatic rings. The summed E-state index contributed by atoms with van der Waals surface area (Å²) in [6.07, 6.45) is 1.80. The number of ether oxygens (including phenoxy) is 1. The van der Waals surface area contributed by atoms with E-state index in [-0.39, 0.29) is 18.5 Å². The van der Waals surface area contributed by atoms with Gasteiger partial charge in [0, 0.05) is 16.8 Å². The van der Waals surface area contributed by atoms with E-state index in [1.165, 1.54) is 0 Å². The fourth-order valence-corrected chi connectivity index (χ4v) is 3.44. The summed E-state index contributed by atoms with van der Waals surface area (Å²) in [4.78, 5) is 17.1. The van der Waals surface area contributed by atoms with Crippen LogP contribution in [0.2, 0.25) is 5.02 Å². The van der Waals surface area contributed by atoms with Crippen LogP contribution < -0.4 is 10.1 Å². The summed E-state index contributed by atoms with van der Waals surface area (Å²) in [5.74, 6) is 1.37. The molecule has 1 unspecified atom stereocenters. The number of halogens is 1. The maximum absolute atomic E-state index is 12.7. The van der Waals surface area contributed by atoms with Crippen molar-refractivity contribution in [3.05, 3.63) is 77.4 Å². The number of methoxy groups -OCH3 is 1. The van der Waals surface area contributed by atoms with Crippen LogP contribution in [0.15, 0.2) is 71.4 Å². The molecule has 0 bridgehead atoms. The van der Waals surface area contributed by atoms with E-state index < -0.39 is 0 Å². The van der Waals surface area contributed by atoms with Crippen LogP contribution in [0.3, 0.4) is 0 Å². The normalized spacial score (nSPS) is 11.8. The zero-order chi connectivity index (χ0) is 21.8. The van der Waals surface area contributed by atoms with Gasteiger partial charge in [0.05, 0.1) is 13.2 Å². The van der Waals surface area contributed by atoms with Gasteiger partial charge in [0.15, 0.2) is 0 Å². The summed E-state index contributed by atoms with van der Waals surface area (Å²) in [5, 5.41) is 7.63. The van der Waals surface area contributed by atoms with Crippen molar-refractivity contribution in [1.82, 2.24) is 20.0 Å². The van der Waals surface area contributed by atoms with Crippen LogP contribution in [0.4, 0.5) is 0 Å². The van der Waals surface area contributed by atoms with Crippen LogP contribution in [-0.4, -0.2) is 27.7 Å². The maximum Gasteiger partial charge on any atom is 0.274 e. The minimum absolute atomic E-state index is 0.117. The first-order valence-corrected chi connectivity index (χ1v) is 10.1. The Kier molecular flexibility index (Phi) is 6.04. The molecule has 2 heterocycles. The Bertz CT molecular complexity index is 1200. The van der Waals surface area contributed by atoms with E-state index in [0.29, 0.717) is 22.4 Å². The minimum Gasteiger partial charge on any atom is -0.497 e. The van der Waals surface area contributed by atoms with E-state index in [0.717, 1.165) is 16.9 Å². The number of carbonyl (C=O) groups is 1. The Morgan fingerprint density at radius 3 is 2.84 bits per heavy atom. The second kappa shape index (κ2) is 9.06. The van der Waals surface area contributed by atoms with Crippen LogP contribution >= 0.6 is 11.6 Å². The number of carbonyl (C=O) groups excluding carboxylic acids is 1. The molecular weight excluding hydrogens is 416 g/mol. The van der Waals surface area contributed by atoms with Gasteiger partial charge in [-0.3, -0.25) is 4.79 Å². The Balaban J connectivity index is 1.47. The third-order valence-electron chi connectivity index (χ3n) is 4.84. The van der Waals surface area contributed by atoms with Crippen molar-refractivity contribution < 1.29 is 14.1 Å². The Labute approximate surface area is 184 Å². The van der Waals surface area contributed by atoms with Crippen molar-refractivity contribution in [2.45, 2.75) is 19.5 Å². The van der Waals surface area contributed by atoms with Gasteiger partial charge in [0.1, 0.15) is 18.0 Å². The highest BCUT2D eigenvalue weighted by Gasteiger charge is 2.17. The van der Waals surface area contributed by atoms with Crippen LogP contribution in [0.5, 0.6) is 5.75 Å². The highest BCUT2D eigenvalue weighted by atomic mass is 35.5. The van der Waals surface area contributed by atoms with Gasteiger partial charge in [-0.05, 0) is 48.9 Å². The highest BCUT2D eigenvalue weighted by Crippen LogP contribution is 2.25. The highest BCUT2D eigenvalue weighted by molar-refractivity contribution is 6.30. The van der Waals surface area contributed by atoms with Crippen molar-refractivity contribution in [2.75, 3.05) is 7.11 Å². The van der Waals surface area contributed by atoms with Crippen LogP contribution in [0, 0.1) is 0 Å². The smallest absolute Gasteiger partial charge is 0.274 e. The lowest BCUT2D eigenvalue weighted by atomic mass is 10.1. The van der Waals surface area contributed by atoms with Crippen molar-refractivity contribution in [1.29, 1.82) is 0 Å². The molecule has 4 rings (SSSR count). The fraction of sp³-hybridized carbons (Fsp3) is 0.174. The Hall–Kier alpha value is -3.58. The summed E-state index contributed by atoms with van der Waals surface area (Å²) >= 11 is 6.04. The molecule has 0 saturated carbocycles. The van der Waals surface area contributed by atoms with Crippen molar-refractivity contribution in [2.24, 2.45) is 0 Å². The second-order valence-electron chi connectivity index (χ2n) is 7.02. The quantitative estimate of drug-likeness (QED) is 0.452. The van der Waals surface area contributed by atoms with Gasteiger partial charge in [0.2, 0.25) is 11.7 Å². The fourth-order valence-electron chi connectivity index (χ4n) is 3.25. The van der Waals surface area contributed by atoms with Gasteiger partial charge in [0.25, 0.3) is 5.89 Å². The van der Waals surface area contributed by atoms with E-state index >= 15 is 0 Å². The third kappa shape index (κ3) is 4.78. The maximum atomic E-state index is 12.7. The Morgan fingerprint density at radius 2 is 2.03 bits per heavy atom. The van der Waals surface area contributed by atoms with Gasteiger partial charge in [-0.25, -0.2) is 0 Å². The molecule has 158 valence electrons. The average Bonchev–Trinajstić information content (AvgIpc) is 3.43. The monoisotopic (exact) mass is 436 g/mol. The first-order valence-electron chi connectivity index (χ1n) is 9.72. The SMILES string of the molecule is COc1cccc(C(C)NC(=O)Cn2cccc2-c2nc(-c3cccc(Cl)c3)no2)c1. The number of nitrogens with one attached hydrogen (secondary N) is 1.